The first-order valence-corrected chi connectivity index (χ1v) is 7.14. The number of hydrogen-bond donors (Lipinski definition) is 0. The number of aromatic nitrogens is 3. The third-order valence-corrected chi connectivity index (χ3v) is 3.08. The minimum atomic E-state index is -0.509. The second kappa shape index (κ2) is 6.41. The monoisotopic (exact) mass is 323 g/mol. The first kappa shape index (κ1) is 15.5. The lowest BCUT2D eigenvalue weighted by Crippen LogP contribution is -2.08. The van der Waals surface area contributed by atoms with Crippen molar-refractivity contribution in [2.24, 2.45) is 0 Å². The molecule has 1 heterocycles. The van der Waals surface area contributed by atoms with Crippen molar-refractivity contribution in [3.05, 3.63) is 42.5 Å². The fraction of sp³-hybridized carbons (Fsp3) is 0.118. The van der Waals surface area contributed by atoms with E-state index in [9.17, 15) is 9.59 Å². The maximum Gasteiger partial charge on any atom is 0.308 e. The van der Waals surface area contributed by atoms with Crippen molar-refractivity contribution in [2.45, 2.75) is 13.8 Å². The van der Waals surface area contributed by atoms with Crippen molar-refractivity contribution in [3.63, 3.8) is 0 Å². The largest absolute Gasteiger partial charge is 0.426 e. The Bertz CT molecular complexity index is 906. The number of nitrogens with zero attached hydrogens (tertiary/aromatic N) is 3. The predicted molar refractivity (Wildman–Crippen MR) is 85.4 cm³/mol. The van der Waals surface area contributed by atoms with E-state index in [1.54, 1.807) is 30.3 Å². The molecule has 2 aromatic carbocycles. The van der Waals surface area contributed by atoms with Crippen molar-refractivity contribution in [1.29, 1.82) is 0 Å². The van der Waals surface area contributed by atoms with Crippen LogP contribution < -0.4 is 9.47 Å². The van der Waals surface area contributed by atoms with Crippen LogP contribution >= 0.6 is 0 Å². The van der Waals surface area contributed by atoms with E-state index < -0.39 is 11.9 Å². The molecule has 0 saturated heterocycles. The van der Waals surface area contributed by atoms with Gasteiger partial charge in [0.15, 0.2) is 5.82 Å². The minimum absolute atomic E-state index is 0.193. The highest BCUT2D eigenvalue weighted by Gasteiger charge is 2.19. The van der Waals surface area contributed by atoms with Gasteiger partial charge in [0.2, 0.25) is 0 Å². The van der Waals surface area contributed by atoms with Gasteiger partial charge in [0, 0.05) is 13.8 Å². The second-order valence-electron chi connectivity index (χ2n) is 4.94. The van der Waals surface area contributed by atoms with E-state index >= 15 is 0 Å². The number of fused-ring (bicyclic) bond motifs is 1. The molecule has 0 amide bonds. The summed E-state index contributed by atoms with van der Waals surface area (Å²) in [5.41, 5.74) is 1.54. The van der Waals surface area contributed by atoms with Gasteiger partial charge in [-0.25, -0.2) is 4.98 Å². The predicted octanol–water partition coefficient (Wildman–Crippen LogP) is 2.54. The van der Waals surface area contributed by atoms with Gasteiger partial charge in [0.1, 0.15) is 22.6 Å². The number of esters is 2. The summed E-state index contributed by atoms with van der Waals surface area (Å²) in [4.78, 5) is 27.1. The molecule has 0 saturated carbocycles. The van der Waals surface area contributed by atoms with E-state index in [1.165, 1.54) is 13.8 Å². The molecule has 0 bridgehead atoms. The molecule has 7 heteroatoms. The van der Waals surface area contributed by atoms with Crippen molar-refractivity contribution >= 4 is 23.0 Å². The third-order valence-electron chi connectivity index (χ3n) is 3.08. The lowest BCUT2D eigenvalue weighted by Gasteiger charge is -2.12. The van der Waals surface area contributed by atoms with Gasteiger partial charge >= 0.3 is 11.9 Å². The molecule has 0 spiro atoms. The lowest BCUT2D eigenvalue weighted by atomic mass is 10.1. The molecule has 24 heavy (non-hydrogen) atoms. The fourth-order valence-electron chi connectivity index (χ4n) is 2.20. The molecule has 3 rings (SSSR count). The number of carbonyl (C=O) groups is 2. The molecule has 0 aliphatic rings. The standard InChI is InChI=1S/C17H13N3O4/c1-10(21)23-14-8-5-9-15(24-11(2)22)16(14)17-18-12-6-3-4-7-13(12)19-20-17/h3-9H,1-2H3. The van der Waals surface area contributed by atoms with E-state index in [1.807, 2.05) is 12.1 Å². The zero-order valence-corrected chi connectivity index (χ0v) is 13.0. The molecule has 0 radical (unpaired) electrons. The topological polar surface area (TPSA) is 91.3 Å². The van der Waals surface area contributed by atoms with Gasteiger partial charge in [0.05, 0.1) is 5.52 Å². The summed E-state index contributed by atoms with van der Waals surface area (Å²) in [7, 11) is 0. The first-order valence-electron chi connectivity index (χ1n) is 7.14. The van der Waals surface area contributed by atoms with Gasteiger partial charge in [-0.3, -0.25) is 9.59 Å². The molecular weight excluding hydrogens is 310 g/mol. The molecule has 3 aromatic rings. The van der Waals surface area contributed by atoms with E-state index in [2.05, 4.69) is 15.2 Å². The van der Waals surface area contributed by atoms with Crippen LogP contribution in [0.2, 0.25) is 0 Å². The van der Waals surface area contributed by atoms with Crippen LogP contribution in [0.15, 0.2) is 42.5 Å². The molecular formula is C17H13N3O4. The van der Waals surface area contributed by atoms with Crippen LogP contribution in [0.4, 0.5) is 0 Å². The Morgan fingerprint density at radius 2 is 1.38 bits per heavy atom. The van der Waals surface area contributed by atoms with E-state index in [4.69, 9.17) is 9.47 Å². The summed E-state index contributed by atoms with van der Waals surface area (Å²) in [6.07, 6.45) is 0. The summed E-state index contributed by atoms with van der Waals surface area (Å²) >= 11 is 0. The Kier molecular flexibility index (Phi) is 4.15. The second-order valence-corrected chi connectivity index (χ2v) is 4.94. The first-order chi connectivity index (χ1) is 11.5. The Morgan fingerprint density at radius 1 is 0.792 bits per heavy atom. The molecule has 0 unspecified atom stereocenters. The Morgan fingerprint density at radius 3 is 1.96 bits per heavy atom. The third kappa shape index (κ3) is 3.19. The van der Waals surface area contributed by atoms with Gasteiger partial charge in [-0.15, -0.1) is 10.2 Å². The number of para-hydroxylation sites is 1. The maximum absolute atomic E-state index is 11.4. The molecule has 0 fully saturated rings. The van der Waals surface area contributed by atoms with Crippen LogP contribution in [0.25, 0.3) is 22.4 Å². The van der Waals surface area contributed by atoms with Crippen molar-refractivity contribution in [2.75, 3.05) is 0 Å². The highest BCUT2D eigenvalue weighted by molar-refractivity contribution is 5.82. The molecule has 0 aliphatic heterocycles. The van der Waals surface area contributed by atoms with Crippen LogP contribution in [0.5, 0.6) is 11.5 Å². The molecule has 1 aromatic heterocycles. The SMILES string of the molecule is CC(=O)Oc1cccc(OC(C)=O)c1-c1nnc2ccccc2n1. The zero-order chi connectivity index (χ0) is 17.1. The number of ether oxygens (including phenoxy) is 2. The van der Waals surface area contributed by atoms with E-state index in [0.717, 1.165) is 0 Å². The summed E-state index contributed by atoms with van der Waals surface area (Å²) < 4.78 is 10.4. The average Bonchev–Trinajstić information content (AvgIpc) is 2.53. The van der Waals surface area contributed by atoms with E-state index in [-0.39, 0.29) is 17.3 Å². The summed E-state index contributed by atoms with van der Waals surface area (Å²) in [6.45, 7) is 2.56. The normalized spacial score (nSPS) is 10.4. The van der Waals surface area contributed by atoms with Gasteiger partial charge < -0.3 is 9.47 Å². The van der Waals surface area contributed by atoms with Crippen molar-refractivity contribution in [3.8, 4) is 22.9 Å². The summed E-state index contributed by atoms with van der Waals surface area (Å²) in [6, 6.07) is 12.0. The van der Waals surface area contributed by atoms with Crippen LogP contribution in [0.3, 0.4) is 0 Å². The summed E-state index contributed by atoms with van der Waals surface area (Å²) in [5.74, 6) is -0.437. The highest BCUT2D eigenvalue weighted by Crippen LogP contribution is 2.37. The Hall–Kier alpha value is -3.35. The number of benzene rings is 2. The van der Waals surface area contributed by atoms with Gasteiger partial charge in [-0.2, -0.15) is 0 Å². The van der Waals surface area contributed by atoms with Crippen molar-refractivity contribution < 1.29 is 19.1 Å². The average molecular weight is 323 g/mol. The summed E-state index contributed by atoms with van der Waals surface area (Å²) in [5, 5.41) is 8.17. The minimum Gasteiger partial charge on any atom is -0.426 e. The smallest absolute Gasteiger partial charge is 0.308 e. The fourth-order valence-corrected chi connectivity index (χ4v) is 2.20. The van der Waals surface area contributed by atoms with Crippen molar-refractivity contribution in [1.82, 2.24) is 15.2 Å². The lowest BCUT2D eigenvalue weighted by molar-refractivity contribution is -0.132. The van der Waals surface area contributed by atoms with Gasteiger partial charge in [-0.05, 0) is 24.3 Å². The quantitative estimate of drug-likeness (QED) is 0.540. The van der Waals surface area contributed by atoms with Crippen LogP contribution in [-0.2, 0) is 9.59 Å². The van der Waals surface area contributed by atoms with Gasteiger partial charge in [0.25, 0.3) is 0 Å². The highest BCUT2D eigenvalue weighted by atomic mass is 16.5. The van der Waals surface area contributed by atoms with Crippen LogP contribution in [-0.4, -0.2) is 27.1 Å². The molecule has 120 valence electrons. The molecule has 0 aliphatic carbocycles. The van der Waals surface area contributed by atoms with Gasteiger partial charge in [-0.1, -0.05) is 18.2 Å². The maximum atomic E-state index is 11.4. The van der Waals surface area contributed by atoms with Crippen LogP contribution in [0, 0.1) is 0 Å². The molecule has 0 atom stereocenters. The van der Waals surface area contributed by atoms with E-state index in [0.29, 0.717) is 16.6 Å². The number of rotatable bonds is 3. The zero-order valence-electron chi connectivity index (χ0n) is 13.0. The molecule has 0 N–H and O–H groups in total. The number of hydrogen-bond acceptors (Lipinski definition) is 7. The Balaban J connectivity index is 2.21. The molecule has 7 nitrogen and oxygen atoms in total. The Labute approximate surface area is 137 Å². The van der Waals surface area contributed by atoms with Crippen LogP contribution in [0.1, 0.15) is 13.8 Å². The number of carbonyl (C=O) groups excluding carboxylic acids is 2.